The molecule has 3 aromatic rings. The van der Waals surface area contributed by atoms with Gasteiger partial charge < -0.3 is 14.3 Å². The van der Waals surface area contributed by atoms with Gasteiger partial charge in [-0.3, -0.25) is 14.5 Å². The predicted octanol–water partition coefficient (Wildman–Crippen LogP) is 4.71. The van der Waals surface area contributed by atoms with Gasteiger partial charge in [0.15, 0.2) is 11.5 Å². The molecular formula is C23H23N3O5S. The van der Waals surface area contributed by atoms with Gasteiger partial charge in [-0.15, -0.1) is 10.2 Å². The Kier molecular flexibility index (Phi) is 6.09. The second kappa shape index (κ2) is 8.96. The molecule has 0 saturated heterocycles. The van der Waals surface area contributed by atoms with Crippen LogP contribution in [-0.4, -0.2) is 33.6 Å². The molecule has 8 nitrogen and oxygen atoms in total. The molecule has 0 spiro atoms. The Bertz CT molecular complexity index is 1200. The number of ether oxygens (including phenoxy) is 1. The van der Waals surface area contributed by atoms with Gasteiger partial charge in [-0.1, -0.05) is 36.8 Å². The number of anilines is 1. The van der Waals surface area contributed by atoms with Gasteiger partial charge in [-0.2, -0.15) is 0 Å². The molecule has 1 atom stereocenters. The van der Waals surface area contributed by atoms with Crippen molar-refractivity contribution in [2.45, 2.75) is 39.7 Å². The molecule has 0 unspecified atom stereocenters. The molecule has 32 heavy (non-hydrogen) atoms. The number of benzene rings is 1. The second-order valence-corrected chi connectivity index (χ2v) is 8.62. The summed E-state index contributed by atoms with van der Waals surface area (Å²) in [4.78, 5) is 27.7. The first-order valence-electron chi connectivity index (χ1n) is 10.3. The van der Waals surface area contributed by atoms with Crippen LogP contribution in [0.4, 0.5) is 5.13 Å². The number of nitrogens with zero attached hydrogens (tertiary/aromatic N) is 3. The third-order valence-electron chi connectivity index (χ3n) is 5.08. The molecule has 1 amide bonds. The first-order chi connectivity index (χ1) is 15.4. The maximum Gasteiger partial charge on any atom is 0.296 e. The smallest absolute Gasteiger partial charge is 0.296 e. The van der Waals surface area contributed by atoms with E-state index in [1.807, 2.05) is 6.07 Å². The molecule has 2 aromatic heterocycles. The van der Waals surface area contributed by atoms with Crippen LogP contribution in [0.15, 0.2) is 52.1 Å². The topological polar surface area (TPSA) is 106 Å². The number of aliphatic hydroxyl groups excluding tert-OH is 1. The average molecular weight is 454 g/mol. The highest BCUT2D eigenvalue weighted by Crippen LogP contribution is 2.43. The normalized spacial score (nSPS) is 16.2. The zero-order chi connectivity index (χ0) is 22.8. The van der Waals surface area contributed by atoms with Crippen LogP contribution in [0.5, 0.6) is 5.75 Å². The fourth-order valence-electron chi connectivity index (χ4n) is 3.53. The summed E-state index contributed by atoms with van der Waals surface area (Å²) in [7, 11) is 0. The van der Waals surface area contributed by atoms with E-state index in [9.17, 15) is 14.7 Å². The SMILES string of the molecule is CCCCOc1cccc([C@H]2C(C(=O)c3ccc(C)o3)=C(O)C(=O)N2c2nnc(C)s2)c1. The molecule has 0 bridgehead atoms. The van der Waals surface area contributed by atoms with Crippen molar-refractivity contribution in [2.75, 3.05) is 11.5 Å². The molecule has 0 saturated carbocycles. The number of ketones is 1. The molecule has 0 aliphatic carbocycles. The monoisotopic (exact) mass is 453 g/mol. The third kappa shape index (κ3) is 4.03. The van der Waals surface area contributed by atoms with Crippen molar-refractivity contribution < 1.29 is 23.8 Å². The van der Waals surface area contributed by atoms with E-state index in [0.717, 1.165) is 12.8 Å². The fourth-order valence-corrected chi connectivity index (χ4v) is 4.25. The van der Waals surface area contributed by atoms with E-state index < -0.39 is 23.5 Å². The predicted molar refractivity (Wildman–Crippen MR) is 119 cm³/mol. The van der Waals surface area contributed by atoms with Gasteiger partial charge in [0.25, 0.3) is 5.91 Å². The van der Waals surface area contributed by atoms with E-state index in [0.29, 0.717) is 33.8 Å². The molecular weight excluding hydrogens is 430 g/mol. The Balaban J connectivity index is 1.80. The van der Waals surface area contributed by atoms with E-state index in [1.54, 1.807) is 38.1 Å². The van der Waals surface area contributed by atoms with Gasteiger partial charge in [0.05, 0.1) is 18.2 Å². The number of amides is 1. The summed E-state index contributed by atoms with van der Waals surface area (Å²) in [5, 5.41) is 19.8. The number of hydrogen-bond acceptors (Lipinski definition) is 8. The molecule has 3 heterocycles. The summed E-state index contributed by atoms with van der Waals surface area (Å²) >= 11 is 1.20. The van der Waals surface area contributed by atoms with Crippen molar-refractivity contribution in [3.63, 3.8) is 0 Å². The number of aliphatic hydroxyl groups is 1. The van der Waals surface area contributed by atoms with Crippen LogP contribution in [0.3, 0.4) is 0 Å². The van der Waals surface area contributed by atoms with E-state index in [1.165, 1.54) is 22.3 Å². The summed E-state index contributed by atoms with van der Waals surface area (Å²) in [5.74, 6) is -0.683. The highest BCUT2D eigenvalue weighted by Gasteiger charge is 2.46. The van der Waals surface area contributed by atoms with Crippen molar-refractivity contribution in [1.82, 2.24) is 10.2 Å². The first-order valence-corrected chi connectivity index (χ1v) is 11.1. The number of carbonyl (C=O) groups excluding carboxylic acids is 2. The molecule has 1 aliphatic heterocycles. The summed E-state index contributed by atoms with van der Waals surface area (Å²) in [6, 6.07) is 9.45. The van der Waals surface area contributed by atoms with Crippen LogP contribution >= 0.6 is 11.3 Å². The standard InChI is InChI=1S/C23H23N3O5S/c1-4-5-11-30-16-8-6-7-15(12-16)19-18(20(27)17-10-9-13(2)31-17)21(28)22(29)26(19)23-25-24-14(3)32-23/h6-10,12,19,28H,4-5,11H2,1-3H3/t19-/m0/s1. The molecule has 9 heteroatoms. The van der Waals surface area contributed by atoms with Crippen LogP contribution in [-0.2, 0) is 4.79 Å². The van der Waals surface area contributed by atoms with Gasteiger partial charge in [0.1, 0.15) is 16.5 Å². The number of Topliss-reactive ketones (excluding diaryl/α,β-unsaturated/α-hetero) is 1. The zero-order valence-corrected chi connectivity index (χ0v) is 18.8. The molecule has 4 rings (SSSR count). The minimum Gasteiger partial charge on any atom is -0.503 e. The Morgan fingerprint density at radius 2 is 2.06 bits per heavy atom. The van der Waals surface area contributed by atoms with Crippen molar-refractivity contribution in [3.8, 4) is 5.75 Å². The lowest BCUT2D eigenvalue weighted by atomic mass is 9.95. The first kappa shape index (κ1) is 21.8. The largest absolute Gasteiger partial charge is 0.503 e. The van der Waals surface area contributed by atoms with Crippen LogP contribution in [0, 0.1) is 13.8 Å². The quantitative estimate of drug-likeness (QED) is 0.389. The van der Waals surface area contributed by atoms with Crippen molar-refractivity contribution >= 4 is 28.2 Å². The average Bonchev–Trinajstić information content (AvgIpc) is 3.47. The minimum atomic E-state index is -0.900. The Hall–Kier alpha value is -3.46. The zero-order valence-electron chi connectivity index (χ0n) is 18.0. The number of rotatable bonds is 8. The Labute approximate surface area is 189 Å². The summed E-state index contributed by atoms with van der Waals surface area (Å²) in [6.45, 7) is 6.12. The number of unbranched alkanes of at least 4 members (excludes halogenated alkanes) is 1. The second-order valence-electron chi connectivity index (χ2n) is 7.46. The van der Waals surface area contributed by atoms with Crippen LogP contribution in [0.1, 0.15) is 52.7 Å². The highest BCUT2D eigenvalue weighted by atomic mass is 32.1. The summed E-state index contributed by atoms with van der Waals surface area (Å²) < 4.78 is 11.3. The lowest BCUT2D eigenvalue weighted by Crippen LogP contribution is -2.31. The maximum absolute atomic E-state index is 13.3. The van der Waals surface area contributed by atoms with E-state index in [4.69, 9.17) is 9.15 Å². The van der Waals surface area contributed by atoms with E-state index in [-0.39, 0.29) is 11.3 Å². The Morgan fingerprint density at radius 3 is 2.72 bits per heavy atom. The number of hydrogen-bond donors (Lipinski definition) is 1. The van der Waals surface area contributed by atoms with Gasteiger partial charge in [0, 0.05) is 0 Å². The Morgan fingerprint density at radius 1 is 1.25 bits per heavy atom. The highest BCUT2D eigenvalue weighted by molar-refractivity contribution is 7.15. The number of carbonyl (C=O) groups is 2. The fraction of sp³-hybridized carbons (Fsp3) is 0.304. The van der Waals surface area contributed by atoms with Crippen molar-refractivity contribution in [1.29, 1.82) is 0 Å². The van der Waals surface area contributed by atoms with Crippen molar-refractivity contribution in [3.05, 3.63) is 69.8 Å². The van der Waals surface area contributed by atoms with Crippen LogP contribution in [0.25, 0.3) is 0 Å². The van der Waals surface area contributed by atoms with Crippen LogP contribution in [0.2, 0.25) is 0 Å². The van der Waals surface area contributed by atoms with E-state index in [2.05, 4.69) is 17.1 Å². The maximum atomic E-state index is 13.3. The number of aromatic nitrogens is 2. The van der Waals surface area contributed by atoms with Gasteiger partial charge in [-0.05, 0) is 50.1 Å². The number of aryl methyl sites for hydroxylation is 2. The molecule has 1 aromatic carbocycles. The molecule has 1 aliphatic rings. The lowest BCUT2D eigenvalue weighted by Gasteiger charge is -2.24. The summed E-state index contributed by atoms with van der Waals surface area (Å²) in [6.07, 6.45) is 1.91. The van der Waals surface area contributed by atoms with Gasteiger partial charge >= 0.3 is 0 Å². The molecule has 1 N–H and O–H groups in total. The summed E-state index contributed by atoms with van der Waals surface area (Å²) in [5.41, 5.74) is 0.541. The van der Waals surface area contributed by atoms with E-state index >= 15 is 0 Å². The minimum absolute atomic E-state index is 0.0486. The van der Waals surface area contributed by atoms with Crippen molar-refractivity contribution in [2.24, 2.45) is 0 Å². The van der Waals surface area contributed by atoms with Gasteiger partial charge in [0.2, 0.25) is 10.9 Å². The molecule has 0 radical (unpaired) electrons. The van der Waals surface area contributed by atoms with Gasteiger partial charge in [-0.25, -0.2) is 0 Å². The number of furan rings is 1. The third-order valence-corrected chi connectivity index (χ3v) is 5.92. The molecule has 166 valence electrons. The lowest BCUT2D eigenvalue weighted by molar-refractivity contribution is -0.117. The van der Waals surface area contributed by atoms with Crippen LogP contribution < -0.4 is 9.64 Å². The molecule has 0 fully saturated rings.